The van der Waals surface area contributed by atoms with Crippen LogP contribution >= 0.6 is 0 Å². The Kier molecular flexibility index (Phi) is 16.1. The van der Waals surface area contributed by atoms with Crippen molar-refractivity contribution < 1.29 is 52.4 Å². The molecule has 0 bridgehead atoms. The van der Waals surface area contributed by atoms with Crippen LogP contribution in [0, 0.1) is 0 Å². The first kappa shape index (κ1) is 45.9. The number of amides is 5. The molecular weight excluding hydrogens is 692 g/mol. The summed E-state index contributed by atoms with van der Waals surface area (Å²) in [7, 11) is 0. The van der Waals surface area contributed by atoms with E-state index in [-0.39, 0.29) is 25.5 Å². The van der Waals surface area contributed by atoms with E-state index in [2.05, 4.69) is 25.9 Å². The molecule has 17 heteroatoms. The normalized spacial score (nSPS) is 12.4. The summed E-state index contributed by atoms with van der Waals surface area (Å²) in [6.07, 6.45) is -4.40. The molecule has 1 rings (SSSR count). The van der Waals surface area contributed by atoms with Crippen molar-refractivity contribution in [2.24, 2.45) is 9.98 Å². The first-order valence-corrected chi connectivity index (χ1v) is 17.0. The second-order valence-electron chi connectivity index (χ2n) is 16.6. The number of rotatable bonds is 6. The van der Waals surface area contributed by atoms with Crippen LogP contribution in [-0.2, 0) is 23.7 Å². The van der Waals surface area contributed by atoms with Crippen LogP contribution in [0.5, 0.6) is 5.75 Å². The molecule has 53 heavy (non-hydrogen) atoms. The van der Waals surface area contributed by atoms with Gasteiger partial charge in [-0.05, 0) is 135 Å². The fourth-order valence-electron chi connectivity index (χ4n) is 3.57. The van der Waals surface area contributed by atoms with Gasteiger partial charge in [-0.15, -0.1) is 4.99 Å². The molecule has 0 saturated heterocycles. The zero-order chi connectivity index (χ0) is 41.0. The predicted molar refractivity (Wildman–Crippen MR) is 198 cm³/mol. The molecule has 0 aliphatic carbocycles. The maximum absolute atomic E-state index is 13.4. The maximum Gasteiger partial charge on any atom is 0.437 e. The SMILES string of the molecule is CC(C)(C)OC(=O)N=C(NC(=O)OC(C)(C)C)N(CCCOc1ccc(N=C(NC(=O)OC(C)(C)C)NC(=O)OC(C)(C)C)cc1)C(=O)OC(C)(C)C. The van der Waals surface area contributed by atoms with Crippen molar-refractivity contribution in [3.63, 3.8) is 0 Å². The molecule has 0 aliphatic heterocycles. The number of nitrogens with zero attached hydrogens (tertiary/aromatic N) is 3. The topological polar surface area (TPSA) is 205 Å². The second kappa shape index (κ2) is 18.6. The summed E-state index contributed by atoms with van der Waals surface area (Å²) in [5, 5.41) is 7.20. The van der Waals surface area contributed by atoms with Gasteiger partial charge >= 0.3 is 30.5 Å². The van der Waals surface area contributed by atoms with E-state index in [4.69, 9.17) is 28.4 Å². The van der Waals surface area contributed by atoms with Crippen LogP contribution in [0.4, 0.5) is 29.7 Å². The highest BCUT2D eigenvalue weighted by atomic mass is 16.6. The largest absolute Gasteiger partial charge is 0.494 e. The van der Waals surface area contributed by atoms with E-state index in [1.165, 1.54) is 0 Å². The average Bonchev–Trinajstić information content (AvgIpc) is 2.88. The highest BCUT2D eigenvalue weighted by molar-refractivity contribution is 6.05. The number of guanidine groups is 2. The van der Waals surface area contributed by atoms with Crippen LogP contribution in [0.15, 0.2) is 34.3 Å². The number of hydrogen-bond acceptors (Lipinski definition) is 12. The van der Waals surface area contributed by atoms with Gasteiger partial charge in [-0.1, -0.05) is 0 Å². The monoisotopic (exact) mass is 750 g/mol. The molecule has 0 fully saturated rings. The number of nitrogens with one attached hydrogen (secondary N) is 3. The van der Waals surface area contributed by atoms with Gasteiger partial charge in [-0.2, -0.15) is 0 Å². The van der Waals surface area contributed by atoms with Crippen LogP contribution < -0.4 is 20.7 Å². The molecule has 5 amide bonds. The summed E-state index contributed by atoms with van der Waals surface area (Å²) in [6.45, 7) is 25.0. The smallest absolute Gasteiger partial charge is 0.437 e. The van der Waals surface area contributed by atoms with E-state index in [9.17, 15) is 24.0 Å². The minimum atomic E-state index is -1.05. The molecule has 0 aliphatic rings. The van der Waals surface area contributed by atoms with Gasteiger partial charge in [0.2, 0.25) is 11.9 Å². The molecule has 0 radical (unpaired) electrons. The Balaban J connectivity index is 3.23. The van der Waals surface area contributed by atoms with E-state index in [0.29, 0.717) is 11.4 Å². The standard InChI is InChI=1S/C36H58N6O11/c1-32(2,3)49-27(43)38-25(39-28(44)50-33(4,5)6)37-23-17-19-24(20-18-23)48-22-16-21-42(31(47)53-36(13,14)15)26(40-29(45)51-34(7,8)9)41-30(46)52-35(10,11)12/h17-20H,16,21-22H2,1-15H3,(H,40,41,45,46)(H2,37,38,39,43,44). The number of aliphatic imine (C=N–C) groups is 2. The van der Waals surface area contributed by atoms with Crippen molar-refractivity contribution in [2.75, 3.05) is 13.2 Å². The number of alkyl carbamates (subject to hydrolysis) is 3. The molecule has 0 aromatic heterocycles. The third kappa shape index (κ3) is 22.5. The first-order valence-electron chi connectivity index (χ1n) is 17.0. The molecule has 17 nitrogen and oxygen atoms in total. The van der Waals surface area contributed by atoms with Crippen LogP contribution in [0.25, 0.3) is 0 Å². The van der Waals surface area contributed by atoms with Crippen LogP contribution in [0.1, 0.15) is 110 Å². The molecule has 1 aromatic rings. The Labute approximate surface area is 312 Å². The summed E-state index contributed by atoms with van der Waals surface area (Å²) in [5.74, 6) is -0.266. The molecule has 3 N–H and O–H groups in total. The Morgan fingerprint density at radius 2 is 1.00 bits per heavy atom. The minimum absolute atomic E-state index is 0.0692. The molecule has 0 atom stereocenters. The lowest BCUT2D eigenvalue weighted by Crippen LogP contribution is -2.51. The third-order valence-electron chi connectivity index (χ3n) is 5.18. The molecule has 298 valence electrons. The van der Waals surface area contributed by atoms with Gasteiger partial charge in [-0.3, -0.25) is 16.0 Å². The maximum atomic E-state index is 13.4. The fourth-order valence-corrected chi connectivity index (χ4v) is 3.57. The van der Waals surface area contributed by atoms with Crippen LogP contribution in [-0.4, -0.2) is 88.4 Å². The summed E-state index contributed by atoms with van der Waals surface area (Å²) in [6, 6.07) is 6.35. The molecule has 1 aromatic carbocycles. The zero-order valence-electron chi connectivity index (χ0n) is 33.8. The van der Waals surface area contributed by atoms with Gasteiger partial charge in [0.15, 0.2) is 0 Å². The van der Waals surface area contributed by atoms with Gasteiger partial charge in [0, 0.05) is 6.54 Å². The molecule has 0 unspecified atom stereocenters. The van der Waals surface area contributed by atoms with Crippen molar-refractivity contribution in [1.82, 2.24) is 20.9 Å². The fraction of sp³-hybridized carbons (Fsp3) is 0.639. The number of carbonyl (C=O) groups excluding carboxylic acids is 5. The van der Waals surface area contributed by atoms with Crippen molar-refractivity contribution in [3.05, 3.63) is 24.3 Å². The van der Waals surface area contributed by atoms with Gasteiger partial charge in [-0.25, -0.2) is 33.9 Å². The van der Waals surface area contributed by atoms with Crippen LogP contribution in [0.3, 0.4) is 0 Å². The van der Waals surface area contributed by atoms with E-state index in [0.717, 1.165) is 4.90 Å². The molecular formula is C36H58N6O11. The summed E-state index contributed by atoms with van der Waals surface area (Å²) < 4.78 is 32.6. The first-order chi connectivity index (χ1) is 23.9. The van der Waals surface area contributed by atoms with E-state index in [1.807, 2.05) is 0 Å². The van der Waals surface area contributed by atoms with Crippen molar-refractivity contribution in [3.8, 4) is 5.75 Å². The van der Waals surface area contributed by atoms with E-state index in [1.54, 1.807) is 128 Å². The van der Waals surface area contributed by atoms with Crippen molar-refractivity contribution >= 4 is 48.1 Å². The molecule has 0 saturated carbocycles. The van der Waals surface area contributed by atoms with E-state index < -0.39 is 64.4 Å². The quantitative estimate of drug-likeness (QED) is 0.112. The van der Waals surface area contributed by atoms with Gasteiger partial charge in [0.1, 0.15) is 33.8 Å². The lowest BCUT2D eigenvalue weighted by Gasteiger charge is -2.29. The number of hydrogen-bond donors (Lipinski definition) is 3. The lowest BCUT2D eigenvalue weighted by atomic mass is 10.2. The number of ether oxygens (including phenoxy) is 6. The summed E-state index contributed by atoms with van der Waals surface area (Å²) in [4.78, 5) is 72.8. The highest BCUT2D eigenvalue weighted by Gasteiger charge is 2.30. The number of carbonyl (C=O) groups is 5. The Bertz CT molecular complexity index is 1460. The average molecular weight is 751 g/mol. The highest BCUT2D eigenvalue weighted by Crippen LogP contribution is 2.19. The minimum Gasteiger partial charge on any atom is -0.494 e. The summed E-state index contributed by atoms with van der Waals surface area (Å²) >= 11 is 0. The van der Waals surface area contributed by atoms with Gasteiger partial charge < -0.3 is 28.4 Å². The Morgan fingerprint density at radius 3 is 1.42 bits per heavy atom. The van der Waals surface area contributed by atoms with E-state index >= 15 is 0 Å². The lowest BCUT2D eigenvalue weighted by molar-refractivity contribution is 0.0349. The van der Waals surface area contributed by atoms with Gasteiger partial charge in [0.05, 0.1) is 12.3 Å². The summed E-state index contributed by atoms with van der Waals surface area (Å²) in [5.41, 5.74) is -3.99. The third-order valence-corrected chi connectivity index (χ3v) is 5.18. The van der Waals surface area contributed by atoms with Gasteiger partial charge in [0.25, 0.3) is 0 Å². The van der Waals surface area contributed by atoms with Crippen LogP contribution in [0.2, 0.25) is 0 Å². The predicted octanol–water partition coefficient (Wildman–Crippen LogP) is 7.55. The van der Waals surface area contributed by atoms with Crippen molar-refractivity contribution in [1.29, 1.82) is 0 Å². The zero-order valence-corrected chi connectivity index (χ0v) is 33.8. The molecule has 0 heterocycles. The second-order valence-corrected chi connectivity index (χ2v) is 16.6. The van der Waals surface area contributed by atoms with Crippen molar-refractivity contribution in [2.45, 2.75) is 138 Å². The Hall–Kier alpha value is -5.09. The number of benzene rings is 1. The Morgan fingerprint density at radius 1 is 0.585 bits per heavy atom. The molecule has 0 spiro atoms.